The van der Waals surface area contributed by atoms with E-state index in [0.717, 1.165) is 48.3 Å². The number of nitrogens with one attached hydrogen (secondary N) is 2. The van der Waals surface area contributed by atoms with E-state index in [4.69, 9.17) is 4.74 Å². The van der Waals surface area contributed by atoms with Gasteiger partial charge < -0.3 is 15.4 Å². The Balaban J connectivity index is 1.39. The molecule has 3 aromatic heterocycles. The van der Waals surface area contributed by atoms with E-state index in [1.54, 1.807) is 10.7 Å². The lowest BCUT2D eigenvalue weighted by molar-refractivity contribution is -0.117. The first-order valence-electron chi connectivity index (χ1n) is 9.86. The number of ether oxygens (including phenoxy) is 1. The molecule has 1 atom stereocenters. The number of aromatic nitrogens is 4. The lowest BCUT2D eigenvalue weighted by Gasteiger charge is -2.13. The zero-order chi connectivity index (χ0) is 19.1. The lowest BCUT2D eigenvalue weighted by atomic mass is 10.1. The summed E-state index contributed by atoms with van der Waals surface area (Å²) in [5, 5.41) is 15.2. The molecule has 0 radical (unpaired) electrons. The van der Waals surface area contributed by atoms with Gasteiger partial charge >= 0.3 is 0 Å². The second-order valence-corrected chi connectivity index (χ2v) is 7.66. The third-order valence-corrected chi connectivity index (χ3v) is 5.44. The Morgan fingerprint density at radius 2 is 2.25 bits per heavy atom. The normalized spacial score (nSPS) is 19.2. The Kier molecular flexibility index (Phi) is 4.27. The number of nitrogens with zero attached hydrogens (tertiary/aromatic N) is 4. The average molecular weight is 380 g/mol. The number of amides is 1. The van der Waals surface area contributed by atoms with Gasteiger partial charge in [-0.15, -0.1) is 0 Å². The van der Waals surface area contributed by atoms with E-state index in [2.05, 4.69) is 20.8 Å². The van der Waals surface area contributed by atoms with Crippen molar-refractivity contribution in [3.8, 4) is 17.0 Å². The third kappa shape index (κ3) is 3.35. The van der Waals surface area contributed by atoms with E-state index in [1.807, 2.05) is 36.1 Å². The third-order valence-electron chi connectivity index (χ3n) is 5.44. The van der Waals surface area contributed by atoms with Crippen molar-refractivity contribution in [1.29, 1.82) is 0 Å². The molecule has 2 fully saturated rings. The van der Waals surface area contributed by atoms with Crippen LogP contribution < -0.4 is 15.4 Å². The Labute approximate surface area is 162 Å². The molecule has 0 spiro atoms. The quantitative estimate of drug-likeness (QED) is 0.685. The minimum absolute atomic E-state index is 0.0615. The van der Waals surface area contributed by atoms with Crippen LogP contribution in [0.1, 0.15) is 25.7 Å². The first-order chi connectivity index (χ1) is 13.7. The fourth-order valence-corrected chi connectivity index (χ4v) is 3.72. The van der Waals surface area contributed by atoms with Gasteiger partial charge in [0.1, 0.15) is 12.3 Å². The predicted octanol–water partition coefficient (Wildman–Crippen LogP) is 2.21. The topological polar surface area (TPSA) is 85.5 Å². The van der Waals surface area contributed by atoms with Crippen LogP contribution in [-0.4, -0.2) is 44.5 Å². The van der Waals surface area contributed by atoms with E-state index in [0.29, 0.717) is 18.5 Å². The molecule has 2 N–H and O–H groups in total. The molecule has 1 saturated heterocycles. The molecule has 4 heterocycles. The Morgan fingerprint density at radius 3 is 3.04 bits per heavy atom. The molecular weight excluding hydrogens is 356 g/mol. The molecule has 1 saturated carbocycles. The summed E-state index contributed by atoms with van der Waals surface area (Å²) in [7, 11) is 1.91. The highest BCUT2D eigenvalue weighted by Gasteiger charge is 2.30. The minimum Gasteiger partial charge on any atom is -0.488 e. The monoisotopic (exact) mass is 380 g/mol. The first-order valence-corrected chi connectivity index (χ1v) is 9.86. The Hall–Kier alpha value is -2.87. The zero-order valence-corrected chi connectivity index (χ0v) is 15.9. The van der Waals surface area contributed by atoms with Crippen LogP contribution in [0.4, 0.5) is 5.82 Å². The standard InChI is InChI=1S/C20H24N6O2/c1-25-19(17(11-22-25)28-12-15-3-2-7-21-15)14-6-8-26-16(9-14)10-18(24-26)23-20(27)13-4-5-13/h6,8-11,13,15,21H,2-5,7,12H2,1H3,(H,23,24,27). The van der Waals surface area contributed by atoms with Gasteiger partial charge in [0.15, 0.2) is 11.6 Å². The van der Waals surface area contributed by atoms with Gasteiger partial charge in [-0.1, -0.05) is 0 Å². The molecule has 1 amide bonds. The van der Waals surface area contributed by atoms with Crippen LogP contribution in [0.15, 0.2) is 30.6 Å². The molecule has 3 aromatic rings. The number of hydrogen-bond acceptors (Lipinski definition) is 5. The van der Waals surface area contributed by atoms with Gasteiger partial charge in [-0.2, -0.15) is 10.2 Å². The number of pyridine rings is 1. The second-order valence-electron chi connectivity index (χ2n) is 7.66. The van der Waals surface area contributed by atoms with Crippen LogP contribution in [-0.2, 0) is 11.8 Å². The number of fused-ring (bicyclic) bond motifs is 1. The van der Waals surface area contributed by atoms with Crippen LogP contribution in [0.25, 0.3) is 16.8 Å². The smallest absolute Gasteiger partial charge is 0.228 e. The van der Waals surface area contributed by atoms with Crippen molar-refractivity contribution in [2.24, 2.45) is 13.0 Å². The molecule has 2 aliphatic rings. The zero-order valence-electron chi connectivity index (χ0n) is 15.9. The number of carbonyl (C=O) groups is 1. The molecule has 8 nitrogen and oxygen atoms in total. The molecule has 28 heavy (non-hydrogen) atoms. The first kappa shape index (κ1) is 17.2. The van der Waals surface area contributed by atoms with Gasteiger partial charge in [-0.3, -0.25) is 9.48 Å². The van der Waals surface area contributed by atoms with Crippen molar-refractivity contribution in [2.45, 2.75) is 31.7 Å². The SMILES string of the molecule is Cn1ncc(OCC2CCCN2)c1-c1ccn2nc(NC(=O)C3CC3)cc2c1. The lowest BCUT2D eigenvalue weighted by Crippen LogP contribution is -2.28. The molecule has 146 valence electrons. The highest BCUT2D eigenvalue weighted by molar-refractivity contribution is 5.93. The van der Waals surface area contributed by atoms with Crippen molar-refractivity contribution in [3.05, 3.63) is 30.6 Å². The van der Waals surface area contributed by atoms with Crippen molar-refractivity contribution in [1.82, 2.24) is 24.7 Å². The molecule has 1 aliphatic heterocycles. The van der Waals surface area contributed by atoms with Gasteiger partial charge in [0.25, 0.3) is 0 Å². The fraction of sp³-hybridized carbons (Fsp3) is 0.450. The van der Waals surface area contributed by atoms with Crippen LogP contribution in [0.2, 0.25) is 0 Å². The van der Waals surface area contributed by atoms with Gasteiger partial charge in [-0.25, -0.2) is 4.52 Å². The highest BCUT2D eigenvalue weighted by atomic mass is 16.5. The van der Waals surface area contributed by atoms with Crippen LogP contribution >= 0.6 is 0 Å². The number of rotatable bonds is 6. The maximum absolute atomic E-state index is 12.0. The van der Waals surface area contributed by atoms with Gasteiger partial charge in [0.05, 0.1) is 11.7 Å². The van der Waals surface area contributed by atoms with E-state index >= 15 is 0 Å². The van der Waals surface area contributed by atoms with E-state index < -0.39 is 0 Å². The largest absolute Gasteiger partial charge is 0.488 e. The maximum atomic E-state index is 12.0. The number of anilines is 1. The summed E-state index contributed by atoms with van der Waals surface area (Å²) in [4.78, 5) is 12.0. The second kappa shape index (κ2) is 6.94. The van der Waals surface area contributed by atoms with Gasteiger partial charge in [0, 0.05) is 36.8 Å². The molecule has 5 rings (SSSR count). The predicted molar refractivity (Wildman–Crippen MR) is 105 cm³/mol. The summed E-state index contributed by atoms with van der Waals surface area (Å²) in [5.41, 5.74) is 2.85. The molecule has 0 bridgehead atoms. The van der Waals surface area contributed by atoms with Crippen molar-refractivity contribution in [2.75, 3.05) is 18.5 Å². The summed E-state index contributed by atoms with van der Waals surface area (Å²) < 4.78 is 9.67. The maximum Gasteiger partial charge on any atom is 0.228 e. The summed E-state index contributed by atoms with van der Waals surface area (Å²) in [6.07, 6.45) is 7.96. The van der Waals surface area contributed by atoms with E-state index in [-0.39, 0.29) is 11.8 Å². The highest BCUT2D eigenvalue weighted by Crippen LogP contribution is 2.32. The van der Waals surface area contributed by atoms with E-state index in [9.17, 15) is 4.79 Å². The van der Waals surface area contributed by atoms with Gasteiger partial charge in [0.2, 0.25) is 5.91 Å². The Morgan fingerprint density at radius 1 is 1.36 bits per heavy atom. The fourth-order valence-electron chi connectivity index (χ4n) is 3.72. The summed E-state index contributed by atoms with van der Waals surface area (Å²) in [6, 6.07) is 6.33. The minimum atomic E-state index is 0.0615. The summed E-state index contributed by atoms with van der Waals surface area (Å²) in [6.45, 7) is 1.70. The summed E-state index contributed by atoms with van der Waals surface area (Å²) in [5.74, 6) is 1.58. The van der Waals surface area contributed by atoms with Crippen LogP contribution in [0.5, 0.6) is 5.75 Å². The van der Waals surface area contributed by atoms with Crippen molar-refractivity contribution < 1.29 is 9.53 Å². The van der Waals surface area contributed by atoms with Crippen LogP contribution in [0, 0.1) is 5.92 Å². The van der Waals surface area contributed by atoms with Gasteiger partial charge in [-0.05, 0) is 44.4 Å². The number of carbonyl (C=O) groups excluding carboxylic acids is 1. The summed E-state index contributed by atoms with van der Waals surface area (Å²) >= 11 is 0. The molecular formula is C20H24N6O2. The average Bonchev–Trinajstić information content (AvgIpc) is 3.09. The van der Waals surface area contributed by atoms with Crippen molar-refractivity contribution in [3.63, 3.8) is 0 Å². The Bertz CT molecular complexity index is 1010. The number of hydrogen-bond donors (Lipinski definition) is 2. The number of aryl methyl sites for hydroxylation is 1. The molecule has 8 heteroatoms. The van der Waals surface area contributed by atoms with Crippen LogP contribution in [0.3, 0.4) is 0 Å². The van der Waals surface area contributed by atoms with Crippen molar-refractivity contribution >= 4 is 17.2 Å². The molecule has 1 unspecified atom stereocenters. The molecule has 1 aliphatic carbocycles. The van der Waals surface area contributed by atoms with E-state index in [1.165, 1.54) is 6.42 Å². The molecule has 0 aromatic carbocycles.